The number of ether oxygens (including phenoxy) is 4. The third-order valence-corrected chi connectivity index (χ3v) is 10.0. The van der Waals surface area contributed by atoms with Gasteiger partial charge in [-0.3, -0.25) is 9.59 Å². The first-order chi connectivity index (χ1) is 29.1. The van der Waals surface area contributed by atoms with Crippen LogP contribution in [0.25, 0.3) is 0 Å². The highest BCUT2D eigenvalue weighted by molar-refractivity contribution is 5.71. The van der Waals surface area contributed by atoms with Crippen LogP contribution in [0.3, 0.4) is 0 Å². The fourth-order valence-electron chi connectivity index (χ4n) is 6.33. The van der Waals surface area contributed by atoms with Crippen molar-refractivity contribution in [1.29, 1.82) is 0 Å². The van der Waals surface area contributed by atoms with Crippen LogP contribution in [-0.4, -0.2) is 87.4 Å². The Balaban J connectivity index is 4.43. The molecular weight excluding hydrogens is 755 g/mol. The Morgan fingerprint density at radius 2 is 0.950 bits per heavy atom. The van der Waals surface area contributed by atoms with E-state index in [9.17, 15) is 19.5 Å². The largest absolute Gasteiger partial charge is 0.477 e. The molecule has 0 aliphatic heterocycles. The maximum atomic E-state index is 12.8. The summed E-state index contributed by atoms with van der Waals surface area (Å²) in [6, 6.07) is 0. The highest BCUT2D eigenvalue weighted by Crippen LogP contribution is 2.15. The number of esters is 2. The number of allylic oxidation sites excluding steroid dienone is 10. The fourth-order valence-corrected chi connectivity index (χ4v) is 6.33. The summed E-state index contributed by atoms with van der Waals surface area (Å²) in [5.74, 6) is -2.03. The van der Waals surface area contributed by atoms with Crippen molar-refractivity contribution in [3.05, 3.63) is 60.8 Å². The highest BCUT2D eigenvalue weighted by Gasteiger charge is 2.25. The molecule has 2 unspecified atom stereocenters. The lowest BCUT2D eigenvalue weighted by Gasteiger charge is -2.25. The second-order valence-electron chi connectivity index (χ2n) is 17.0. The molecule has 0 fully saturated rings. The lowest BCUT2D eigenvalue weighted by molar-refractivity contribution is -0.870. The highest BCUT2D eigenvalue weighted by atomic mass is 16.7. The summed E-state index contributed by atoms with van der Waals surface area (Å²) < 4.78 is 22.7. The van der Waals surface area contributed by atoms with E-state index >= 15 is 0 Å². The van der Waals surface area contributed by atoms with Gasteiger partial charge >= 0.3 is 17.9 Å². The Bertz CT molecular complexity index is 1170. The Morgan fingerprint density at radius 1 is 0.517 bits per heavy atom. The number of carboxylic acid groups (broad SMARTS) is 1. The SMILES string of the molecule is CC/C=C\C/C=C\C/C=C\C/C=C\C/C=C\CCCCCCCC(=O)OC(COC(=O)CCCCCCCCCCCCCCCC)COC(OCC[N+](C)(C)C)C(=O)O. The second kappa shape index (κ2) is 42.7. The zero-order chi connectivity index (χ0) is 44.2. The average molecular weight is 845 g/mol. The molecule has 0 aromatic rings. The number of likely N-dealkylation sites (N-methyl/N-ethyl adjacent to an activating group) is 1. The number of carboxylic acids is 1. The molecule has 0 saturated carbocycles. The number of unbranched alkanes of at least 4 members (excludes halogenated alkanes) is 18. The Labute approximate surface area is 367 Å². The van der Waals surface area contributed by atoms with Crippen molar-refractivity contribution >= 4 is 17.9 Å². The molecule has 0 spiro atoms. The van der Waals surface area contributed by atoms with Gasteiger partial charge in [0.2, 0.25) is 0 Å². The van der Waals surface area contributed by atoms with Crippen molar-refractivity contribution in [3.63, 3.8) is 0 Å². The minimum atomic E-state index is -1.52. The molecule has 0 aliphatic carbocycles. The maximum absolute atomic E-state index is 12.8. The molecule has 0 amide bonds. The molecule has 0 aromatic heterocycles. The molecule has 0 aliphatic rings. The second-order valence-corrected chi connectivity index (χ2v) is 17.0. The van der Waals surface area contributed by atoms with Gasteiger partial charge in [-0.2, -0.15) is 0 Å². The van der Waals surface area contributed by atoms with E-state index in [1.165, 1.54) is 70.6 Å². The molecular formula is C51H90NO8+. The predicted molar refractivity (Wildman–Crippen MR) is 249 cm³/mol. The van der Waals surface area contributed by atoms with E-state index in [4.69, 9.17) is 18.9 Å². The topological polar surface area (TPSA) is 108 Å². The molecule has 0 rings (SSSR count). The molecule has 2 atom stereocenters. The number of aliphatic carboxylic acids is 1. The minimum absolute atomic E-state index is 0.182. The van der Waals surface area contributed by atoms with Crippen LogP contribution in [0.5, 0.6) is 0 Å². The van der Waals surface area contributed by atoms with Gasteiger partial charge in [0.15, 0.2) is 6.10 Å². The van der Waals surface area contributed by atoms with E-state index in [2.05, 4.69) is 74.6 Å². The zero-order valence-electron chi connectivity index (χ0n) is 39.1. The first-order valence-electron chi connectivity index (χ1n) is 24.0. The van der Waals surface area contributed by atoms with Gasteiger partial charge in [-0.15, -0.1) is 0 Å². The summed E-state index contributed by atoms with van der Waals surface area (Å²) in [5, 5.41) is 9.65. The van der Waals surface area contributed by atoms with Crippen molar-refractivity contribution in [2.24, 2.45) is 0 Å². The number of nitrogens with zero attached hydrogens (tertiary/aromatic N) is 1. The first kappa shape index (κ1) is 57.0. The van der Waals surface area contributed by atoms with Gasteiger partial charge in [0, 0.05) is 12.8 Å². The standard InChI is InChI=1S/C51H89NO8/c1-6-8-10-12-14-16-18-20-22-23-24-25-26-27-28-30-32-34-36-38-40-42-49(54)60-47(46-59-51(50(55)56)57-44-43-52(3,4)5)45-58-48(53)41-39-37-35-33-31-29-21-19-17-15-13-11-9-7-2/h8,10,14,16,20,22,24-25,27-28,47,51H,6-7,9,11-13,15,17-19,21,23,26,29-46H2,1-5H3/p+1/b10-8-,16-14-,22-20-,25-24-,28-27-. The van der Waals surface area contributed by atoms with Crippen molar-refractivity contribution in [3.8, 4) is 0 Å². The van der Waals surface area contributed by atoms with Crippen molar-refractivity contribution in [2.45, 2.75) is 200 Å². The van der Waals surface area contributed by atoms with E-state index in [0.717, 1.165) is 83.5 Å². The van der Waals surface area contributed by atoms with E-state index < -0.39 is 24.3 Å². The molecule has 0 radical (unpaired) electrons. The Kier molecular flexibility index (Phi) is 40.5. The number of carbonyl (C=O) groups is 3. The van der Waals surface area contributed by atoms with Crippen LogP contribution < -0.4 is 0 Å². The molecule has 1 N–H and O–H groups in total. The van der Waals surface area contributed by atoms with Crippen molar-refractivity contribution < 1.29 is 42.9 Å². The summed E-state index contributed by atoms with van der Waals surface area (Å²) in [6.07, 6.45) is 48.5. The van der Waals surface area contributed by atoms with Crippen LogP contribution in [0.1, 0.15) is 187 Å². The lowest BCUT2D eigenvalue weighted by atomic mass is 10.0. The normalized spacial score (nSPS) is 13.4. The van der Waals surface area contributed by atoms with Gasteiger partial charge in [-0.1, -0.05) is 177 Å². The molecule has 0 bridgehead atoms. The van der Waals surface area contributed by atoms with E-state index in [-0.39, 0.29) is 32.2 Å². The maximum Gasteiger partial charge on any atom is 0.361 e. The summed E-state index contributed by atoms with van der Waals surface area (Å²) in [7, 11) is 5.95. The molecule has 9 heteroatoms. The Hall–Kier alpha value is -3.01. The molecule has 0 aromatic carbocycles. The predicted octanol–water partition coefficient (Wildman–Crippen LogP) is 12.9. The van der Waals surface area contributed by atoms with Gasteiger partial charge < -0.3 is 28.5 Å². The van der Waals surface area contributed by atoms with Crippen LogP contribution in [0.15, 0.2) is 60.8 Å². The molecule has 60 heavy (non-hydrogen) atoms. The van der Waals surface area contributed by atoms with Crippen LogP contribution in [0.4, 0.5) is 0 Å². The quantitative estimate of drug-likeness (QED) is 0.0212. The number of quaternary nitrogens is 1. The number of hydrogen-bond donors (Lipinski definition) is 1. The van der Waals surface area contributed by atoms with Crippen LogP contribution in [0.2, 0.25) is 0 Å². The summed E-state index contributed by atoms with van der Waals surface area (Å²) in [4.78, 5) is 37.2. The van der Waals surface area contributed by atoms with Gasteiger partial charge in [-0.05, 0) is 57.8 Å². The van der Waals surface area contributed by atoms with E-state index in [1.54, 1.807) is 0 Å². The van der Waals surface area contributed by atoms with Crippen molar-refractivity contribution in [1.82, 2.24) is 0 Å². The molecule has 0 heterocycles. The summed E-state index contributed by atoms with van der Waals surface area (Å²) in [5.41, 5.74) is 0. The van der Waals surface area contributed by atoms with Crippen molar-refractivity contribution in [2.75, 3.05) is 47.5 Å². The summed E-state index contributed by atoms with van der Waals surface area (Å²) in [6.45, 7) is 4.73. The lowest BCUT2D eigenvalue weighted by Crippen LogP contribution is -2.40. The third kappa shape index (κ3) is 43.1. The zero-order valence-corrected chi connectivity index (χ0v) is 39.1. The van der Waals surface area contributed by atoms with Gasteiger partial charge in [0.1, 0.15) is 13.2 Å². The van der Waals surface area contributed by atoms with Crippen LogP contribution in [-0.2, 0) is 33.3 Å². The van der Waals surface area contributed by atoms with E-state index in [0.29, 0.717) is 23.9 Å². The van der Waals surface area contributed by atoms with Gasteiger partial charge in [0.25, 0.3) is 6.29 Å². The molecule has 346 valence electrons. The summed E-state index contributed by atoms with van der Waals surface area (Å²) >= 11 is 0. The van der Waals surface area contributed by atoms with Crippen LogP contribution in [0, 0.1) is 0 Å². The number of rotatable bonds is 43. The van der Waals surface area contributed by atoms with Crippen LogP contribution >= 0.6 is 0 Å². The Morgan fingerprint density at radius 3 is 1.42 bits per heavy atom. The smallest absolute Gasteiger partial charge is 0.361 e. The number of carbonyl (C=O) groups excluding carboxylic acids is 2. The third-order valence-electron chi connectivity index (χ3n) is 10.0. The number of hydrogen-bond acceptors (Lipinski definition) is 7. The monoisotopic (exact) mass is 845 g/mol. The fraction of sp³-hybridized carbons (Fsp3) is 0.745. The van der Waals surface area contributed by atoms with Gasteiger partial charge in [-0.25, -0.2) is 4.79 Å². The molecule has 0 saturated heterocycles. The first-order valence-corrected chi connectivity index (χ1v) is 24.0. The van der Waals surface area contributed by atoms with Gasteiger partial charge in [0.05, 0.1) is 34.4 Å². The molecule has 9 nitrogen and oxygen atoms in total. The average Bonchev–Trinajstić information content (AvgIpc) is 3.21. The minimum Gasteiger partial charge on any atom is -0.477 e. The van der Waals surface area contributed by atoms with E-state index in [1.807, 2.05) is 21.1 Å².